The van der Waals surface area contributed by atoms with Crippen LogP contribution in [0.5, 0.6) is 11.5 Å². The highest BCUT2D eigenvalue weighted by atomic mass is 16.5. The molecular formula is C30H36N4O4. The van der Waals surface area contributed by atoms with Crippen molar-refractivity contribution in [2.45, 2.75) is 52.0 Å². The molecule has 8 nitrogen and oxygen atoms in total. The van der Waals surface area contributed by atoms with Gasteiger partial charge in [-0.05, 0) is 55.5 Å². The number of carbonyl (C=O) groups is 2. The van der Waals surface area contributed by atoms with Gasteiger partial charge < -0.3 is 24.3 Å². The minimum Gasteiger partial charge on any atom is -0.494 e. The van der Waals surface area contributed by atoms with Crippen LogP contribution in [-0.2, 0) is 11.3 Å². The maximum Gasteiger partial charge on any atom is 0.268 e. The molecule has 1 aliphatic carbocycles. The highest BCUT2D eigenvalue weighted by Crippen LogP contribution is 2.40. The first-order chi connectivity index (χ1) is 18.5. The number of rotatable bonds is 10. The molecule has 1 heterocycles. The Morgan fingerprint density at radius 2 is 1.76 bits per heavy atom. The van der Waals surface area contributed by atoms with Crippen molar-refractivity contribution in [3.63, 3.8) is 0 Å². The molecule has 38 heavy (non-hydrogen) atoms. The van der Waals surface area contributed by atoms with E-state index >= 15 is 0 Å². The molecule has 1 N–H and O–H groups in total. The Kier molecular flexibility index (Phi) is 8.90. The van der Waals surface area contributed by atoms with Crippen LogP contribution in [0, 0.1) is 24.2 Å². The second kappa shape index (κ2) is 12.5. The molecule has 1 aromatic heterocycles. The third-order valence-electron chi connectivity index (χ3n) is 7.25. The van der Waals surface area contributed by atoms with Gasteiger partial charge >= 0.3 is 0 Å². The molecule has 0 saturated heterocycles. The lowest BCUT2D eigenvalue weighted by Crippen LogP contribution is -2.43. The van der Waals surface area contributed by atoms with Crippen molar-refractivity contribution in [1.82, 2.24) is 9.88 Å². The maximum atomic E-state index is 13.8. The van der Waals surface area contributed by atoms with Crippen molar-refractivity contribution in [3.05, 3.63) is 53.7 Å². The van der Waals surface area contributed by atoms with Crippen LogP contribution in [0.15, 0.2) is 42.5 Å². The summed E-state index contributed by atoms with van der Waals surface area (Å²) in [5.41, 5.74) is 2.87. The third kappa shape index (κ3) is 5.94. The molecule has 0 radical (unpaired) electrons. The number of aryl methyl sites for hydroxylation is 2. The van der Waals surface area contributed by atoms with Crippen molar-refractivity contribution in [3.8, 4) is 17.6 Å². The Morgan fingerprint density at radius 3 is 2.42 bits per heavy atom. The summed E-state index contributed by atoms with van der Waals surface area (Å²) in [6.45, 7) is 2.71. The molecule has 0 spiro atoms. The fraction of sp³-hybridized carbons (Fsp3) is 0.433. The zero-order valence-corrected chi connectivity index (χ0v) is 22.5. The lowest BCUT2D eigenvalue weighted by molar-refractivity contribution is -0.117. The molecule has 0 unspecified atom stereocenters. The second-order valence-electron chi connectivity index (χ2n) is 9.86. The molecule has 3 aromatic rings. The lowest BCUT2D eigenvalue weighted by atomic mass is 9.88. The molecule has 1 fully saturated rings. The van der Waals surface area contributed by atoms with E-state index in [0.29, 0.717) is 41.9 Å². The molecule has 0 atom stereocenters. The van der Waals surface area contributed by atoms with Gasteiger partial charge in [0.15, 0.2) is 0 Å². The number of benzene rings is 2. The topological polar surface area (TPSA) is 96.6 Å². The molecule has 0 bridgehead atoms. The van der Waals surface area contributed by atoms with E-state index in [2.05, 4.69) is 11.4 Å². The van der Waals surface area contributed by atoms with Crippen LogP contribution in [0.1, 0.15) is 54.6 Å². The highest BCUT2D eigenvalue weighted by Gasteiger charge is 2.28. The van der Waals surface area contributed by atoms with Crippen molar-refractivity contribution in [1.29, 1.82) is 5.26 Å². The maximum absolute atomic E-state index is 13.8. The van der Waals surface area contributed by atoms with E-state index in [1.165, 1.54) is 6.42 Å². The monoisotopic (exact) mass is 516 g/mol. The van der Waals surface area contributed by atoms with E-state index in [1.807, 2.05) is 47.9 Å². The van der Waals surface area contributed by atoms with Gasteiger partial charge in [0.1, 0.15) is 22.9 Å². The van der Waals surface area contributed by atoms with Crippen LogP contribution in [0.25, 0.3) is 10.9 Å². The number of amides is 2. The molecule has 0 aliphatic heterocycles. The molecule has 1 aliphatic rings. The number of ether oxygens (including phenoxy) is 2. The first-order valence-corrected chi connectivity index (χ1v) is 13.2. The fourth-order valence-electron chi connectivity index (χ4n) is 5.38. The highest BCUT2D eigenvalue weighted by molar-refractivity contribution is 6.03. The van der Waals surface area contributed by atoms with E-state index in [4.69, 9.17) is 14.7 Å². The van der Waals surface area contributed by atoms with Crippen LogP contribution in [-0.4, -0.2) is 43.7 Å². The van der Waals surface area contributed by atoms with Crippen molar-refractivity contribution in [2.75, 3.05) is 32.2 Å². The van der Waals surface area contributed by atoms with Crippen molar-refractivity contribution >= 4 is 28.4 Å². The summed E-state index contributed by atoms with van der Waals surface area (Å²) >= 11 is 0. The number of hydrogen-bond acceptors (Lipinski definition) is 5. The van der Waals surface area contributed by atoms with E-state index in [9.17, 15) is 9.59 Å². The number of nitrogens with one attached hydrogen (secondary N) is 1. The predicted molar refractivity (Wildman–Crippen MR) is 148 cm³/mol. The van der Waals surface area contributed by atoms with Crippen LogP contribution >= 0.6 is 0 Å². The molecular weight excluding hydrogens is 480 g/mol. The minimum absolute atomic E-state index is 0.175. The zero-order valence-electron chi connectivity index (χ0n) is 22.5. The Balaban J connectivity index is 1.60. The Labute approximate surface area is 224 Å². The molecule has 2 amide bonds. The molecule has 1 saturated carbocycles. The second-order valence-corrected chi connectivity index (χ2v) is 9.86. The summed E-state index contributed by atoms with van der Waals surface area (Å²) < 4.78 is 13.2. The predicted octanol–water partition coefficient (Wildman–Crippen LogP) is 5.22. The van der Waals surface area contributed by atoms with Gasteiger partial charge in [0.05, 0.1) is 33.3 Å². The average molecular weight is 517 g/mol. The van der Waals surface area contributed by atoms with Crippen molar-refractivity contribution < 1.29 is 19.1 Å². The smallest absolute Gasteiger partial charge is 0.268 e. The van der Waals surface area contributed by atoms with Gasteiger partial charge in [-0.2, -0.15) is 5.26 Å². The van der Waals surface area contributed by atoms with Gasteiger partial charge in [-0.1, -0.05) is 37.5 Å². The largest absolute Gasteiger partial charge is 0.494 e. The Bertz CT molecular complexity index is 1310. The first kappa shape index (κ1) is 27.1. The quantitative estimate of drug-likeness (QED) is 0.398. The van der Waals surface area contributed by atoms with E-state index in [-0.39, 0.29) is 24.8 Å². The SMILES string of the molecule is COc1cc(C)cc(OC)c1N(CC1CCCCC1)C(=O)CNC(=O)c1cc2ccccc2n1CCC#N. The zero-order chi connectivity index (χ0) is 27.1. The summed E-state index contributed by atoms with van der Waals surface area (Å²) in [6, 6.07) is 15.4. The van der Waals surface area contributed by atoms with E-state index in [1.54, 1.807) is 25.2 Å². The number of para-hydroxylation sites is 1. The summed E-state index contributed by atoms with van der Waals surface area (Å²) in [6.07, 6.45) is 5.92. The number of nitrogens with zero attached hydrogens (tertiary/aromatic N) is 3. The fourth-order valence-corrected chi connectivity index (χ4v) is 5.38. The van der Waals surface area contributed by atoms with Crippen LogP contribution < -0.4 is 19.7 Å². The summed E-state index contributed by atoms with van der Waals surface area (Å²) in [5.74, 6) is 0.910. The number of carbonyl (C=O) groups excluding carboxylic acids is 2. The van der Waals surface area contributed by atoms with E-state index in [0.717, 1.165) is 42.1 Å². The lowest BCUT2D eigenvalue weighted by Gasteiger charge is -2.32. The normalized spacial score (nSPS) is 13.6. The first-order valence-electron chi connectivity index (χ1n) is 13.2. The summed E-state index contributed by atoms with van der Waals surface area (Å²) in [7, 11) is 3.17. The van der Waals surface area contributed by atoms with Crippen LogP contribution in [0.2, 0.25) is 0 Å². The summed E-state index contributed by atoms with van der Waals surface area (Å²) in [4.78, 5) is 28.8. The van der Waals surface area contributed by atoms with Gasteiger partial charge in [0, 0.05) is 24.0 Å². The standard InChI is InChI=1S/C30H36N4O4/c1-21-16-26(37-2)29(27(17-21)38-3)34(20-22-10-5-4-6-11-22)28(35)19-32-30(36)25-18-23-12-7-8-13-24(23)33(25)15-9-14-31/h7-8,12-13,16-18,22H,4-6,9-11,15,19-20H2,1-3H3,(H,32,36). The minimum atomic E-state index is -0.354. The number of fused-ring (bicyclic) bond motifs is 1. The van der Waals surface area contributed by atoms with Gasteiger partial charge in [-0.15, -0.1) is 0 Å². The van der Waals surface area contributed by atoms with Gasteiger partial charge in [-0.3, -0.25) is 9.59 Å². The van der Waals surface area contributed by atoms with Crippen LogP contribution in [0.4, 0.5) is 5.69 Å². The van der Waals surface area contributed by atoms with Crippen LogP contribution in [0.3, 0.4) is 0 Å². The number of hydrogen-bond donors (Lipinski definition) is 1. The Morgan fingerprint density at radius 1 is 1.08 bits per heavy atom. The van der Waals surface area contributed by atoms with Gasteiger partial charge in [0.25, 0.3) is 5.91 Å². The van der Waals surface area contributed by atoms with Gasteiger partial charge in [-0.25, -0.2) is 0 Å². The summed E-state index contributed by atoms with van der Waals surface area (Å²) in [5, 5.41) is 12.9. The molecule has 200 valence electrons. The number of anilines is 1. The van der Waals surface area contributed by atoms with Gasteiger partial charge in [0.2, 0.25) is 5.91 Å². The number of nitriles is 1. The molecule has 4 rings (SSSR count). The third-order valence-corrected chi connectivity index (χ3v) is 7.25. The van der Waals surface area contributed by atoms with E-state index < -0.39 is 0 Å². The number of methoxy groups -OCH3 is 2. The molecule has 8 heteroatoms. The molecule has 2 aromatic carbocycles. The number of aromatic nitrogens is 1. The van der Waals surface area contributed by atoms with Crippen molar-refractivity contribution in [2.24, 2.45) is 5.92 Å². The Hall–Kier alpha value is -3.99. The average Bonchev–Trinajstić information content (AvgIpc) is 3.32.